The number of thiazole rings is 1. The van der Waals surface area contributed by atoms with Crippen molar-refractivity contribution in [1.29, 1.82) is 0 Å². The van der Waals surface area contributed by atoms with Crippen molar-refractivity contribution in [2.24, 2.45) is 0 Å². The Hall–Kier alpha value is -1.42. The number of fused-ring (bicyclic) bond motifs is 1. The molecule has 0 saturated heterocycles. The molecule has 0 saturated carbocycles. The maximum atomic E-state index is 11.0. The van der Waals surface area contributed by atoms with Crippen LogP contribution in [-0.4, -0.2) is 18.1 Å². The molecule has 0 radical (unpaired) electrons. The smallest absolute Gasteiger partial charge is 0.309 e. The largest absolute Gasteiger partial charge is 0.469 e. The van der Waals surface area contributed by atoms with E-state index in [1.807, 2.05) is 18.2 Å². The molecule has 3 nitrogen and oxygen atoms in total. The van der Waals surface area contributed by atoms with E-state index in [1.54, 1.807) is 16.8 Å². The molecule has 0 fully saturated rings. The first kappa shape index (κ1) is 9.15. The van der Waals surface area contributed by atoms with E-state index in [0.29, 0.717) is 6.42 Å². The van der Waals surface area contributed by atoms with Crippen molar-refractivity contribution >= 4 is 27.5 Å². The zero-order valence-corrected chi connectivity index (χ0v) is 8.50. The zero-order chi connectivity index (χ0) is 9.97. The number of methoxy groups -OCH3 is 1. The quantitative estimate of drug-likeness (QED) is 0.707. The standard InChI is InChI=1S/C10H9NO2S/c1-13-10(12)5-7-2-3-9-8(4-7)11-6-14-9/h2-4,6H,5H2,1H3. The van der Waals surface area contributed by atoms with Crippen molar-refractivity contribution in [2.45, 2.75) is 6.42 Å². The second-order valence-corrected chi connectivity index (χ2v) is 3.79. The van der Waals surface area contributed by atoms with Crippen LogP contribution in [0.4, 0.5) is 0 Å². The molecular weight excluding hydrogens is 198 g/mol. The summed E-state index contributed by atoms with van der Waals surface area (Å²) in [4.78, 5) is 15.2. The first-order valence-corrected chi connectivity index (χ1v) is 5.06. The SMILES string of the molecule is COC(=O)Cc1ccc2scnc2c1. The highest BCUT2D eigenvalue weighted by Gasteiger charge is 2.04. The zero-order valence-electron chi connectivity index (χ0n) is 7.69. The van der Waals surface area contributed by atoms with E-state index in [9.17, 15) is 4.79 Å². The molecule has 0 amide bonds. The van der Waals surface area contributed by atoms with Crippen molar-refractivity contribution in [2.75, 3.05) is 7.11 Å². The van der Waals surface area contributed by atoms with E-state index in [-0.39, 0.29) is 5.97 Å². The van der Waals surface area contributed by atoms with E-state index in [2.05, 4.69) is 9.72 Å². The van der Waals surface area contributed by atoms with Gasteiger partial charge in [0.1, 0.15) is 0 Å². The fourth-order valence-electron chi connectivity index (χ4n) is 1.25. The highest BCUT2D eigenvalue weighted by Crippen LogP contribution is 2.19. The first-order chi connectivity index (χ1) is 6.79. The van der Waals surface area contributed by atoms with Gasteiger partial charge in [-0.2, -0.15) is 0 Å². The van der Waals surface area contributed by atoms with Crippen LogP contribution in [0.3, 0.4) is 0 Å². The number of esters is 1. The Morgan fingerprint density at radius 1 is 1.57 bits per heavy atom. The topological polar surface area (TPSA) is 39.2 Å². The van der Waals surface area contributed by atoms with Crippen LogP contribution in [0.15, 0.2) is 23.7 Å². The summed E-state index contributed by atoms with van der Waals surface area (Å²) in [7, 11) is 1.39. The van der Waals surface area contributed by atoms with Crippen molar-refractivity contribution in [1.82, 2.24) is 4.98 Å². The number of carbonyl (C=O) groups excluding carboxylic acids is 1. The minimum absolute atomic E-state index is 0.223. The summed E-state index contributed by atoms with van der Waals surface area (Å²) in [5.74, 6) is -0.223. The van der Waals surface area contributed by atoms with Gasteiger partial charge in [-0.1, -0.05) is 6.07 Å². The number of carbonyl (C=O) groups is 1. The number of ether oxygens (including phenoxy) is 1. The lowest BCUT2D eigenvalue weighted by molar-refractivity contribution is -0.139. The summed E-state index contributed by atoms with van der Waals surface area (Å²) in [6.45, 7) is 0. The van der Waals surface area contributed by atoms with Gasteiger partial charge in [0.05, 0.1) is 29.3 Å². The van der Waals surface area contributed by atoms with Crippen molar-refractivity contribution in [3.05, 3.63) is 29.3 Å². The van der Waals surface area contributed by atoms with Crippen LogP contribution in [0, 0.1) is 0 Å². The van der Waals surface area contributed by atoms with Crippen LogP contribution in [0.1, 0.15) is 5.56 Å². The van der Waals surface area contributed by atoms with Crippen LogP contribution in [-0.2, 0) is 16.0 Å². The average Bonchev–Trinajstić information content (AvgIpc) is 2.64. The Morgan fingerprint density at radius 3 is 3.21 bits per heavy atom. The van der Waals surface area contributed by atoms with Gasteiger partial charge in [-0.25, -0.2) is 4.98 Å². The van der Waals surface area contributed by atoms with Gasteiger partial charge in [0.25, 0.3) is 0 Å². The number of benzene rings is 1. The normalized spacial score (nSPS) is 10.4. The lowest BCUT2D eigenvalue weighted by Gasteiger charge is -1.99. The molecule has 0 N–H and O–H groups in total. The molecule has 1 heterocycles. The van der Waals surface area contributed by atoms with Crippen LogP contribution in [0.2, 0.25) is 0 Å². The molecule has 0 spiro atoms. The number of hydrogen-bond acceptors (Lipinski definition) is 4. The molecule has 1 aromatic carbocycles. The molecule has 2 aromatic rings. The van der Waals surface area contributed by atoms with E-state index >= 15 is 0 Å². The monoisotopic (exact) mass is 207 g/mol. The molecule has 0 bridgehead atoms. The van der Waals surface area contributed by atoms with E-state index in [4.69, 9.17) is 0 Å². The van der Waals surface area contributed by atoms with Gasteiger partial charge < -0.3 is 4.74 Å². The molecule has 0 aliphatic rings. The molecule has 2 rings (SSSR count). The van der Waals surface area contributed by atoms with E-state index in [0.717, 1.165) is 15.8 Å². The molecule has 14 heavy (non-hydrogen) atoms. The first-order valence-electron chi connectivity index (χ1n) is 4.18. The third kappa shape index (κ3) is 1.75. The van der Waals surface area contributed by atoms with Crippen LogP contribution in [0.25, 0.3) is 10.2 Å². The third-order valence-electron chi connectivity index (χ3n) is 1.97. The molecular formula is C10H9NO2S. The maximum absolute atomic E-state index is 11.0. The second kappa shape index (κ2) is 3.75. The lowest BCUT2D eigenvalue weighted by Crippen LogP contribution is -2.03. The Morgan fingerprint density at radius 2 is 2.43 bits per heavy atom. The molecule has 0 atom stereocenters. The summed E-state index contributed by atoms with van der Waals surface area (Å²) >= 11 is 1.59. The van der Waals surface area contributed by atoms with Crippen LogP contribution in [0.5, 0.6) is 0 Å². The average molecular weight is 207 g/mol. The number of aromatic nitrogens is 1. The fraction of sp³-hybridized carbons (Fsp3) is 0.200. The van der Waals surface area contributed by atoms with E-state index < -0.39 is 0 Å². The number of hydrogen-bond donors (Lipinski definition) is 0. The Kier molecular flexibility index (Phi) is 2.45. The summed E-state index contributed by atoms with van der Waals surface area (Å²) in [5.41, 5.74) is 3.68. The predicted octanol–water partition coefficient (Wildman–Crippen LogP) is 2.01. The van der Waals surface area contributed by atoms with Gasteiger partial charge in [0.2, 0.25) is 0 Å². The Labute approximate surface area is 85.3 Å². The molecule has 0 aliphatic heterocycles. The van der Waals surface area contributed by atoms with Gasteiger partial charge in [0.15, 0.2) is 0 Å². The summed E-state index contributed by atoms with van der Waals surface area (Å²) < 4.78 is 5.73. The summed E-state index contributed by atoms with van der Waals surface area (Å²) in [6.07, 6.45) is 0.309. The number of rotatable bonds is 2. The summed E-state index contributed by atoms with van der Waals surface area (Å²) in [5, 5.41) is 0. The molecule has 0 unspecified atom stereocenters. The molecule has 1 aromatic heterocycles. The van der Waals surface area contributed by atoms with Crippen LogP contribution < -0.4 is 0 Å². The van der Waals surface area contributed by atoms with Gasteiger partial charge >= 0.3 is 5.97 Å². The predicted molar refractivity (Wildman–Crippen MR) is 55.3 cm³/mol. The van der Waals surface area contributed by atoms with Crippen LogP contribution >= 0.6 is 11.3 Å². The van der Waals surface area contributed by atoms with Crippen molar-refractivity contribution in [3.8, 4) is 0 Å². The maximum Gasteiger partial charge on any atom is 0.309 e. The van der Waals surface area contributed by atoms with Gasteiger partial charge in [-0.3, -0.25) is 4.79 Å². The van der Waals surface area contributed by atoms with Gasteiger partial charge in [0, 0.05) is 0 Å². The number of nitrogens with zero attached hydrogens (tertiary/aromatic N) is 1. The van der Waals surface area contributed by atoms with Gasteiger partial charge in [-0.05, 0) is 17.7 Å². The third-order valence-corrected chi connectivity index (χ3v) is 2.78. The van der Waals surface area contributed by atoms with E-state index in [1.165, 1.54) is 7.11 Å². The minimum atomic E-state index is -0.223. The Balaban J connectivity index is 2.30. The highest BCUT2D eigenvalue weighted by molar-refractivity contribution is 7.16. The van der Waals surface area contributed by atoms with Gasteiger partial charge in [-0.15, -0.1) is 11.3 Å². The molecule has 72 valence electrons. The molecule has 0 aliphatic carbocycles. The van der Waals surface area contributed by atoms with Crippen molar-refractivity contribution in [3.63, 3.8) is 0 Å². The lowest BCUT2D eigenvalue weighted by atomic mass is 10.1. The summed E-state index contributed by atoms with van der Waals surface area (Å²) in [6, 6.07) is 5.82. The second-order valence-electron chi connectivity index (χ2n) is 2.91. The minimum Gasteiger partial charge on any atom is -0.469 e. The Bertz CT molecular complexity index is 464. The molecule has 4 heteroatoms. The highest BCUT2D eigenvalue weighted by atomic mass is 32.1. The van der Waals surface area contributed by atoms with Crippen molar-refractivity contribution < 1.29 is 9.53 Å². The fourth-order valence-corrected chi connectivity index (χ4v) is 1.91.